The lowest BCUT2D eigenvalue weighted by molar-refractivity contribution is -0.384. The first-order valence-corrected chi connectivity index (χ1v) is 12.2. The van der Waals surface area contributed by atoms with Crippen LogP contribution < -0.4 is 0 Å². The van der Waals surface area contributed by atoms with Crippen LogP contribution in [0.2, 0.25) is 22.2 Å². The summed E-state index contributed by atoms with van der Waals surface area (Å²) in [5.74, 6) is 6.91. The molecular weight excluding hydrogens is 338 g/mol. The first kappa shape index (κ1) is 22.4. The molecule has 1 unspecified atom stereocenters. The van der Waals surface area contributed by atoms with Crippen molar-refractivity contribution < 1.29 is 4.92 Å². The van der Waals surface area contributed by atoms with Gasteiger partial charge in [-0.15, -0.1) is 0 Å². The number of rotatable bonds is 8. The molecule has 4 heteroatoms. The van der Waals surface area contributed by atoms with Gasteiger partial charge < -0.3 is 0 Å². The molecule has 0 spiro atoms. The Morgan fingerprint density at radius 2 is 1.65 bits per heavy atom. The Kier molecular flexibility index (Phi) is 8.56. The van der Waals surface area contributed by atoms with Crippen molar-refractivity contribution in [2.24, 2.45) is 0 Å². The average Bonchev–Trinajstić information content (AvgIpc) is 2.56. The third kappa shape index (κ3) is 4.98. The number of non-ortho nitro benzene ring substituents is 1. The van der Waals surface area contributed by atoms with E-state index in [1.807, 2.05) is 6.07 Å². The minimum absolute atomic E-state index is 0.113. The van der Waals surface area contributed by atoms with E-state index in [0.29, 0.717) is 22.2 Å². The van der Waals surface area contributed by atoms with Crippen LogP contribution in [-0.4, -0.2) is 13.0 Å². The van der Waals surface area contributed by atoms with Gasteiger partial charge in [-0.3, -0.25) is 10.1 Å². The summed E-state index contributed by atoms with van der Waals surface area (Å²) < 4.78 is 0. The highest BCUT2D eigenvalue weighted by molar-refractivity contribution is 6.85. The first-order chi connectivity index (χ1) is 12.2. The van der Waals surface area contributed by atoms with E-state index in [2.05, 4.69) is 60.3 Å². The smallest absolute Gasteiger partial charge is 0.258 e. The molecule has 0 saturated heterocycles. The van der Waals surface area contributed by atoms with E-state index in [1.54, 1.807) is 12.1 Å². The lowest BCUT2D eigenvalue weighted by atomic mass is 10.1. The molecule has 0 amide bonds. The molecule has 0 saturated carbocycles. The van der Waals surface area contributed by atoms with Crippen LogP contribution in [0.15, 0.2) is 24.3 Å². The molecule has 0 aliphatic heterocycles. The summed E-state index contributed by atoms with van der Waals surface area (Å²) in [7, 11) is -1.69. The van der Waals surface area contributed by atoms with Crippen LogP contribution in [0.3, 0.4) is 0 Å². The number of nitro benzene ring substituents is 1. The van der Waals surface area contributed by atoms with Crippen LogP contribution in [0.4, 0.5) is 5.69 Å². The highest BCUT2D eigenvalue weighted by atomic mass is 28.3. The highest BCUT2D eigenvalue weighted by Gasteiger charge is 2.47. The van der Waals surface area contributed by atoms with Gasteiger partial charge in [0, 0.05) is 23.2 Å². The van der Waals surface area contributed by atoms with Gasteiger partial charge in [-0.05, 0) is 29.1 Å². The molecule has 1 atom stereocenters. The van der Waals surface area contributed by atoms with Crippen molar-refractivity contribution in [1.29, 1.82) is 0 Å². The van der Waals surface area contributed by atoms with Crippen LogP contribution in [0.1, 0.15) is 73.3 Å². The molecule has 26 heavy (non-hydrogen) atoms. The topological polar surface area (TPSA) is 43.1 Å². The van der Waals surface area contributed by atoms with Crippen LogP contribution >= 0.6 is 0 Å². The van der Waals surface area contributed by atoms with Crippen molar-refractivity contribution in [2.75, 3.05) is 0 Å². The standard InChI is InChI=1S/C22H35NO2Si/c1-8-9-13-22(26(17(2)3,18(4)5)19(6)7)15-14-20-11-10-12-21(16-20)23(24)25/h10-12,16-19,22H,8-9,13H2,1-7H3. The Balaban J connectivity index is 3.38. The summed E-state index contributed by atoms with van der Waals surface area (Å²) in [6, 6.07) is 6.71. The molecule has 0 fully saturated rings. The molecule has 0 radical (unpaired) electrons. The van der Waals surface area contributed by atoms with E-state index in [1.165, 1.54) is 18.9 Å². The minimum atomic E-state index is -1.69. The van der Waals surface area contributed by atoms with Crippen LogP contribution in [-0.2, 0) is 0 Å². The lowest BCUT2D eigenvalue weighted by Crippen LogP contribution is -2.48. The Morgan fingerprint density at radius 1 is 1.08 bits per heavy atom. The fourth-order valence-electron chi connectivity index (χ4n) is 4.93. The van der Waals surface area contributed by atoms with Crippen LogP contribution in [0.5, 0.6) is 0 Å². The van der Waals surface area contributed by atoms with Crippen molar-refractivity contribution in [3.8, 4) is 11.8 Å². The summed E-state index contributed by atoms with van der Waals surface area (Å²) in [5.41, 5.74) is 3.25. The molecule has 0 bridgehead atoms. The first-order valence-electron chi connectivity index (χ1n) is 9.93. The summed E-state index contributed by atoms with van der Waals surface area (Å²) >= 11 is 0. The van der Waals surface area contributed by atoms with E-state index in [4.69, 9.17) is 0 Å². The maximum absolute atomic E-state index is 11.0. The van der Waals surface area contributed by atoms with Gasteiger partial charge in [0.05, 0.1) is 13.0 Å². The van der Waals surface area contributed by atoms with E-state index >= 15 is 0 Å². The number of nitro groups is 1. The molecule has 1 aromatic rings. The number of hydrogen-bond acceptors (Lipinski definition) is 2. The third-order valence-corrected chi connectivity index (χ3v) is 13.5. The predicted octanol–water partition coefficient (Wildman–Crippen LogP) is 7.19. The van der Waals surface area contributed by atoms with Gasteiger partial charge >= 0.3 is 0 Å². The van der Waals surface area contributed by atoms with E-state index in [9.17, 15) is 10.1 Å². The van der Waals surface area contributed by atoms with Crippen molar-refractivity contribution in [3.05, 3.63) is 39.9 Å². The zero-order chi connectivity index (χ0) is 19.9. The zero-order valence-electron chi connectivity index (χ0n) is 17.5. The Bertz CT molecular complexity index is 634. The number of nitrogens with zero attached hydrogens (tertiary/aromatic N) is 1. The quantitative estimate of drug-likeness (QED) is 0.209. The second-order valence-corrected chi connectivity index (χ2v) is 14.4. The SMILES string of the molecule is CCCCC(C#Cc1cccc([N+](=O)[O-])c1)[Si](C(C)C)(C(C)C)C(C)C. The molecule has 3 nitrogen and oxygen atoms in total. The van der Waals surface area contributed by atoms with Gasteiger partial charge in [-0.25, -0.2) is 0 Å². The van der Waals surface area contributed by atoms with Crippen molar-refractivity contribution in [1.82, 2.24) is 0 Å². The third-order valence-electron chi connectivity index (χ3n) is 5.90. The number of benzene rings is 1. The second-order valence-electron chi connectivity index (χ2n) is 8.24. The van der Waals surface area contributed by atoms with Crippen molar-refractivity contribution >= 4 is 13.8 Å². The Morgan fingerprint density at radius 3 is 2.12 bits per heavy atom. The fourth-order valence-corrected chi connectivity index (χ4v) is 12.4. The van der Waals surface area contributed by atoms with Gasteiger partial charge in [-0.2, -0.15) is 0 Å². The second kappa shape index (κ2) is 9.92. The summed E-state index contributed by atoms with van der Waals surface area (Å²) in [6.07, 6.45) is 3.50. The van der Waals surface area contributed by atoms with E-state index in [0.717, 1.165) is 12.0 Å². The van der Waals surface area contributed by atoms with Crippen LogP contribution in [0, 0.1) is 22.0 Å². The molecule has 1 rings (SSSR count). The molecule has 0 N–H and O–H groups in total. The summed E-state index contributed by atoms with van der Waals surface area (Å²) in [4.78, 5) is 10.7. The molecule has 1 aromatic carbocycles. The molecule has 144 valence electrons. The van der Waals surface area contributed by atoms with Gasteiger partial charge in [-0.1, -0.05) is 79.2 Å². The number of unbranched alkanes of at least 4 members (excludes halogenated alkanes) is 1. The highest BCUT2D eigenvalue weighted by Crippen LogP contribution is 2.50. The minimum Gasteiger partial charge on any atom is -0.258 e. The molecule has 0 aromatic heterocycles. The van der Waals surface area contributed by atoms with Crippen molar-refractivity contribution in [3.63, 3.8) is 0 Å². The van der Waals surface area contributed by atoms with Gasteiger partial charge in [0.1, 0.15) is 0 Å². The largest absolute Gasteiger partial charge is 0.270 e. The monoisotopic (exact) mass is 373 g/mol. The van der Waals surface area contributed by atoms with E-state index in [-0.39, 0.29) is 10.6 Å². The number of hydrogen-bond donors (Lipinski definition) is 0. The summed E-state index contributed by atoms with van der Waals surface area (Å²) in [6.45, 7) is 16.5. The Hall–Kier alpha value is -1.60. The molecule has 0 aliphatic rings. The summed E-state index contributed by atoms with van der Waals surface area (Å²) in [5, 5.41) is 11.0. The fraction of sp³-hybridized carbons (Fsp3) is 0.636. The molecule has 0 heterocycles. The van der Waals surface area contributed by atoms with Gasteiger partial charge in [0.25, 0.3) is 5.69 Å². The average molecular weight is 374 g/mol. The lowest BCUT2D eigenvalue weighted by Gasteiger charge is -2.47. The van der Waals surface area contributed by atoms with Gasteiger partial charge in [0.15, 0.2) is 0 Å². The maximum atomic E-state index is 11.0. The van der Waals surface area contributed by atoms with E-state index < -0.39 is 8.07 Å². The molecular formula is C22H35NO2Si. The van der Waals surface area contributed by atoms with Gasteiger partial charge in [0.2, 0.25) is 0 Å². The Labute approximate surface area is 160 Å². The van der Waals surface area contributed by atoms with Crippen molar-refractivity contribution in [2.45, 2.75) is 89.9 Å². The molecule has 0 aliphatic carbocycles. The normalized spacial score (nSPS) is 13.0. The van der Waals surface area contributed by atoms with Crippen LogP contribution in [0.25, 0.3) is 0 Å². The maximum Gasteiger partial charge on any atom is 0.270 e. The zero-order valence-corrected chi connectivity index (χ0v) is 18.5. The predicted molar refractivity (Wildman–Crippen MR) is 114 cm³/mol.